The summed E-state index contributed by atoms with van der Waals surface area (Å²) in [4.78, 5) is -0.0587. The van der Waals surface area contributed by atoms with Crippen molar-refractivity contribution >= 4 is 16.2 Å². The van der Waals surface area contributed by atoms with Crippen LogP contribution in [0.5, 0.6) is 0 Å². The first kappa shape index (κ1) is 11.9. The molecule has 0 saturated heterocycles. The fraction of sp³-hybridized carbons (Fsp3) is 0.273. The molecular formula is C11H14O3S. The highest BCUT2D eigenvalue weighted by atomic mass is 32.2. The van der Waals surface area contributed by atoms with Crippen LogP contribution in [0.4, 0.5) is 0 Å². The largest absolute Gasteiger partial charge is 0.294 e. The van der Waals surface area contributed by atoms with Crippen LogP contribution >= 0.6 is 0 Å². The lowest BCUT2D eigenvalue weighted by atomic mass is 10.0. The van der Waals surface area contributed by atoms with E-state index in [1.807, 2.05) is 6.92 Å². The SMILES string of the molecule is C=Cc1ccc(S(=O)(=O)O)cc1CCC. The molecule has 3 nitrogen and oxygen atoms in total. The lowest BCUT2D eigenvalue weighted by Crippen LogP contribution is -2.00. The lowest BCUT2D eigenvalue weighted by Gasteiger charge is -2.06. The minimum atomic E-state index is -4.10. The fourth-order valence-corrected chi connectivity index (χ4v) is 1.96. The molecule has 1 rings (SSSR count). The van der Waals surface area contributed by atoms with Gasteiger partial charge in [0.25, 0.3) is 10.1 Å². The Morgan fingerprint density at radius 1 is 1.47 bits per heavy atom. The summed E-state index contributed by atoms with van der Waals surface area (Å²) in [6.45, 7) is 5.66. The molecule has 4 heteroatoms. The smallest absolute Gasteiger partial charge is 0.282 e. The lowest BCUT2D eigenvalue weighted by molar-refractivity contribution is 0.483. The van der Waals surface area contributed by atoms with E-state index in [2.05, 4.69) is 6.58 Å². The molecule has 0 radical (unpaired) electrons. The molecule has 0 heterocycles. The minimum absolute atomic E-state index is 0.0587. The Bertz CT molecular complexity index is 461. The Morgan fingerprint density at radius 2 is 2.13 bits per heavy atom. The first-order valence-electron chi connectivity index (χ1n) is 4.72. The van der Waals surface area contributed by atoms with E-state index in [0.717, 1.165) is 24.0 Å². The Balaban J connectivity index is 3.28. The molecule has 1 aromatic rings. The highest BCUT2D eigenvalue weighted by Crippen LogP contribution is 2.18. The molecule has 0 spiro atoms. The number of hydrogen-bond donors (Lipinski definition) is 1. The quantitative estimate of drug-likeness (QED) is 0.803. The van der Waals surface area contributed by atoms with Gasteiger partial charge in [-0.2, -0.15) is 8.42 Å². The van der Waals surface area contributed by atoms with E-state index in [1.165, 1.54) is 12.1 Å². The Hall–Kier alpha value is -1.13. The van der Waals surface area contributed by atoms with Crippen molar-refractivity contribution in [3.63, 3.8) is 0 Å². The van der Waals surface area contributed by atoms with Crippen molar-refractivity contribution in [1.29, 1.82) is 0 Å². The van der Waals surface area contributed by atoms with Gasteiger partial charge in [-0.25, -0.2) is 0 Å². The van der Waals surface area contributed by atoms with E-state index in [0.29, 0.717) is 0 Å². The molecule has 82 valence electrons. The standard InChI is InChI=1S/C11H14O3S/c1-3-5-10-8-11(15(12,13)14)7-6-9(10)4-2/h4,6-8H,2-3,5H2,1H3,(H,12,13,14). The van der Waals surface area contributed by atoms with Gasteiger partial charge in [0.05, 0.1) is 4.90 Å². The van der Waals surface area contributed by atoms with E-state index in [1.54, 1.807) is 12.1 Å². The van der Waals surface area contributed by atoms with Crippen molar-refractivity contribution in [2.45, 2.75) is 24.7 Å². The second-order valence-electron chi connectivity index (χ2n) is 3.29. The van der Waals surface area contributed by atoms with Crippen LogP contribution < -0.4 is 0 Å². The number of rotatable bonds is 4. The van der Waals surface area contributed by atoms with Gasteiger partial charge in [0.2, 0.25) is 0 Å². The topological polar surface area (TPSA) is 54.4 Å². The molecule has 1 aromatic carbocycles. The van der Waals surface area contributed by atoms with Crippen molar-refractivity contribution < 1.29 is 13.0 Å². The molecule has 0 unspecified atom stereocenters. The molecule has 0 fully saturated rings. The second kappa shape index (κ2) is 4.59. The molecule has 0 aliphatic carbocycles. The summed E-state index contributed by atoms with van der Waals surface area (Å²) >= 11 is 0. The zero-order chi connectivity index (χ0) is 11.5. The Morgan fingerprint density at radius 3 is 2.60 bits per heavy atom. The predicted octanol–water partition coefficient (Wildman–Crippen LogP) is 2.53. The molecule has 0 aliphatic rings. The molecule has 0 bridgehead atoms. The van der Waals surface area contributed by atoms with Gasteiger partial charge in [0.1, 0.15) is 0 Å². The van der Waals surface area contributed by atoms with Crippen LogP contribution in [-0.4, -0.2) is 13.0 Å². The third-order valence-corrected chi connectivity index (χ3v) is 3.00. The van der Waals surface area contributed by atoms with Crippen molar-refractivity contribution in [3.05, 3.63) is 35.9 Å². The van der Waals surface area contributed by atoms with Gasteiger partial charge in [-0.1, -0.05) is 32.1 Å². The van der Waals surface area contributed by atoms with Crippen molar-refractivity contribution in [2.24, 2.45) is 0 Å². The van der Waals surface area contributed by atoms with Gasteiger partial charge < -0.3 is 0 Å². The van der Waals surface area contributed by atoms with Gasteiger partial charge in [-0.3, -0.25) is 4.55 Å². The minimum Gasteiger partial charge on any atom is -0.282 e. The van der Waals surface area contributed by atoms with Crippen LogP contribution in [0.2, 0.25) is 0 Å². The average molecular weight is 226 g/mol. The fourth-order valence-electron chi connectivity index (χ4n) is 1.43. The summed E-state index contributed by atoms with van der Waals surface area (Å²) in [7, 11) is -4.10. The van der Waals surface area contributed by atoms with E-state index < -0.39 is 10.1 Å². The maximum absolute atomic E-state index is 10.9. The summed E-state index contributed by atoms with van der Waals surface area (Å²) in [5, 5.41) is 0. The van der Waals surface area contributed by atoms with Crippen LogP contribution in [0.3, 0.4) is 0 Å². The summed E-state index contributed by atoms with van der Waals surface area (Å²) in [5.74, 6) is 0. The van der Waals surface area contributed by atoms with Crippen molar-refractivity contribution in [2.75, 3.05) is 0 Å². The van der Waals surface area contributed by atoms with Gasteiger partial charge in [0.15, 0.2) is 0 Å². The monoisotopic (exact) mass is 226 g/mol. The van der Waals surface area contributed by atoms with Crippen LogP contribution in [0.1, 0.15) is 24.5 Å². The molecule has 0 atom stereocenters. The molecule has 0 aromatic heterocycles. The van der Waals surface area contributed by atoms with Gasteiger partial charge in [-0.15, -0.1) is 0 Å². The van der Waals surface area contributed by atoms with Gasteiger partial charge >= 0.3 is 0 Å². The third kappa shape index (κ3) is 2.91. The maximum Gasteiger partial charge on any atom is 0.294 e. The van der Waals surface area contributed by atoms with Gasteiger partial charge in [0, 0.05) is 0 Å². The zero-order valence-corrected chi connectivity index (χ0v) is 9.42. The van der Waals surface area contributed by atoms with Crippen LogP contribution in [0.15, 0.2) is 29.7 Å². The molecular weight excluding hydrogens is 212 g/mol. The zero-order valence-electron chi connectivity index (χ0n) is 8.60. The van der Waals surface area contributed by atoms with Crippen LogP contribution in [0, 0.1) is 0 Å². The summed E-state index contributed by atoms with van der Waals surface area (Å²) < 4.78 is 30.7. The predicted molar refractivity (Wildman–Crippen MR) is 60.3 cm³/mol. The molecule has 1 N–H and O–H groups in total. The third-order valence-electron chi connectivity index (χ3n) is 2.15. The Labute approximate surface area is 90.2 Å². The first-order valence-corrected chi connectivity index (χ1v) is 6.16. The second-order valence-corrected chi connectivity index (χ2v) is 4.71. The van der Waals surface area contributed by atoms with E-state index in [-0.39, 0.29) is 4.90 Å². The normalized spacial score (nSPS) is 11.3. The summed E-state index contributed by atoms with van der Waals surface area (Å²) in [5.41, 5.74) is 1.80. The van der Waals surface area contributed by atoms with E-state index >= 15 is 0 Å². The maximum atomic E-state index is 10.9. The number of hydrogen-bond acceptors (Lipinski definition) is 2. The molecule has 0 saturated carbocycles. The first-order chi connectivity index (χ1) is 6.99. The number of aryl methyl sites for hydroxylation is 1. The van der Waals surface area contributed by atoms with Crippen LogP contribution in [-0.2, 0) is 16.5 Å². The highest BCUT2D eigenvalue weighted by molar-refractivity contribution is 7.85. The van der Waals surface area contributed by atoms with Crippen molar-refractivity contribution in [1.82, 2.24) is 0 Å². The van der Waals surface area contributed by atoms with E-state index in [9.17, 15) is 8.42 Å². The summed E-state index contributed by atoms with van der Waals surface area (Å²) in [6, 6.07) is 4.53. The van der Waals surface area contributed by atoms with Gasteiger partial charge in [-0.05, 0) is 29.7 Å². The average Bonchev–Trinajstić information content (AvgIpc) is 2.17. The van der Waals surface area contributed by atoms with Crippen LogP contribution in [0.25, 0.3) is 6.08 Å². The molecule has 15 heavy (non-hydrogen) atoms. The number of benzene rings is 1. The Kier molecular flexibility index (Phi) is 3.66. The van der Waals surface area contributed by atoms with Crippen molar-refractivity contribution in [3.8, 4) is 0 Å². The molecule has 0 amide bonds. The molecule has 0 aliphatic heterocycles. The van der Waals surface area contributed by atoms with E-state index in [4.69, 9.17) is 4.55 Å². The summed E-state index contributed by atoms with van der Waals surface area (Å²) in [6.07, 6.45) is 3.36. The highest BCUT2D eigenvalue weighted by Gasteiger charge is 2.11.